The van der Waals surface area contributed by atoms with Crippen LogP contribution in [0.1, 0.15) is 29.5 Å². The molecule has 0 fully saturated rings. The highest BCUT2D eigenvalue weighted by Gasteiger charge is 2.20. The monoisotopic (exact) mass is 398 g/mol. The van der Waals surface area contributed by atoms with E-state index in [0.717, 1.165) is 23.2 Å². The molecule has 4 aromatic rings. The summed E-state index contributed by atoms with van der Waals surface area (Å²) in [6, 6.07) is 20.0. The van der Waals surface area contributed by atoms with Crippen LogP contribution in [0.5, 0.6) is 0 Å². The van der Waals surface area contributed by atoms with E-state index in [1.807, 2.05) is 55.7 Å². The summed E-state index contributed by atoms with van der Waals surface area (Å²) >= 11 is 0. The van der Waals surface area contributed by atoms with Gasteiger partial charge >= 0.3 is 6.03 Å². The summed E-state index contributed by atoms with van der Waals surface area (Å²) in [6.07, 6.45) is 6.66. The molecule has 0 spiro atoms. The highest BCUT2D eigenvalue weighted by molar-refractivity contribution is 5.90. The van der Waals surface area contributed by atoms with E-state index in [1.54, 1.807) is 6.20 Å². The SMILES string of the molecule is CCc1ccccc1NC(=O)NCC(c1cccnc1)c1cn(C)c2ccccc12. The van der Waals surface area contributed by atoms with E-state index in [2.05, 4.69) is 51.5 Å². The predicted molar refractivity (Wildman–Crippen MR) is 122 cm³/mol. The average Bonchev–Trinajstić information content (AvgIpc) is 3.12. The van der Waals surface area contributed by atoms with E-state index in [4.69, 9.17) is 0 Å². The van der Waals surface area contributed by atoms with E-state index in [-0.39, 0.29) is 11.9 Å². The summed E-state index contributed by atoms with van der Waals surface area (Å²) < 4.78 is 2.13. The van der Waals surface area contributed by atoms with Gasteiger partial charge in [-0.1, -0.05) is 49.4 Å². The Morgan fingerprint density at radius 2 is 1.87 bits per heavy atom. The van der Waals surface area contributed by atoms with Crippen LogP contribution in [-0.4, -0.2) is 22.1 Å². The Morgan fingerprint density at radius 1 is 1.07 bits per heavy atom. The van der Waals surface area contributed by atoms with Crippen LogP contribution < -0.4 is 10.6 Å². The van der Waals surface area contributed by atoms with Gasteiger partial charge in [-0.25, -0.2) is 4.79 Å². The number of anilines is 1. The fraction of sp³-hybridized carbons (Fsp3) is 0.200. The summed E-state index contributed by atoms with van der Waals surface area (Å²) in [7, 11) is 2.05. The number of para-hydroxylation sites is 2. The summed E-state index contributed by atoms with van der Waals surface area (Å²) in [5.41, 5.74) is 5.38. The van der Waals surface area contributed by atoms with Gasteiger partial charge in [0.05, 0.1) is 0 Å². The number of amides is 2. The standard InChI is InChI=1S/C25H26N4O/c1-3-18-9-4-6-12-23(18)28-25(30)27-16-21(19-10-8-14-26-15-19)22-17-29(2)24-13-7-5-11-20(22)24/h4-15,17,21H,3,16H2,1-2H3,(H2,27,28,30). The van der Waals surface area contributed by atoms with Gasteiger partial charge in [0.1, 0.15) is 0 Å². The van der Waals surface area contributed by atoms with Crippen LogP contribution in [0.3, 0.4) is 0 Å². The number of rotatable bonds is 6. The van der Waals surface area contributed by atoms with Gasteiger partial charge in [-0.05, 0) is 41.3 Å². The largest absolute Gasteiger partial charge is 0.350 e. The predicted octanol–water partition coefficient (Wildman–Crippen LogP) is 5.09. The number of hydrogen-bond donors (Lipinski definition) is 2. The van der Waals surface area contributed by atoms with Gasteiger partial charge in [0, 0.05) is 54.7 Å². The molecule has 0 saturated carbocycles. The summed E-state index contributed by atoms with van der Waals surface area (Å²) in [6.45, 7) is 2.55. The van der Waals surface area contributed by atoms with Crippen molar-refractivity contribution in [1.29, 1.82) is 0 Å². The van der Waals surface area contributed by atoms with Gasteiger partial charge in [0.2, 0.25) is 0 Å². The van der Waals surface area contributed by atoms with Gasteiger partial charge in [0.25, 0.3) is 0 Å². The Kier molecular flexibility index (Phi) is 5.80. The number of aromatic nitrogens is 2. The molecule has 5 nitrogen and oxygen atoms in total. The van der Waals surface area contributed by atoms with Crippen LogP contribution in [0.15, 0.2) is 79.3 Å². The van der Waals surface area contributed by atoms with E-state index >= 15 is 0 Å². The number of fused-ring (bicyclic) bond motifs is 1. The van der Waals surface area contributed by atoms with Crippen molar-refractivity contribution in [3.8, 4) is 0 Å². The highest BCUT2D eigenvalue weighted by atomic mass is 16.2. The molecular weight excluding hydrogens is 372 g/mol. The first kappa shape index (κ1) is 19.7. The first-order valence-electron chi connectivity index (χ1n) is 10.2. The first-order chi connectivity index (χ1) is 14.7. The Labute approximate surface area is 176 Å². The van der Waals surface area contributed by atoms with Crippen molar-refractivity contribution in [3.05, 3.63) is 95.9 Å². The molecule has 2 N–H and O–H groups in total. The molecule has 2 aromatic heterocycles. The van der Waals surface area contributed by atoms with Crippen molar-refractivity contribution in [2.75, 3.05) is 11.9 Å². The number of hydrogen-bond acceptors (Lipinski definition) is 2. The van der Waals surface area contributed by atoms with Gasteiger partial charge in [-0.2, -0.15) is 0 Å². The fourth-order valence-corrected chi connectivity index (χ4v) is 3.95. The van der Waals surface area contributed by atoms with E-state index < -0.39 is 0 Å². The van der Waals surface area contributed by atoms with Crippen LogP contribution >= 0.6 is 0 Å². The summed E-state index contributed by atoms with van der Waals surface area (Å²) in [5.74, 6) is -0.00281. The van der Waals surface area contributed by atoms with Crippen molar-refractivity contribution in [2.45, 2.75) is 19.3 Å². The van der Waals surface area contributed by atoms with Crippen molar-refractivity contribution >= 4 is 22.6 Å². The third-order valence-corrected chi connectivity index (χ3v) is 5.50. The molecule has 30 heavy (non-hydrogen) atoms. The quantitative estimate of drug-likeness (QED) is 0.475. The molecule has 5 heteroatoms. The second-order valence-electron chi connectivity index (χ2n) is 7.40. The van der Waals surface area contributed by atoms with E-state index in [1.165, 1.54) is 16.5 Å². The number of carbonyl (C=O) groups excluding carboxylic acids is 1. The normalized spacial score (nSPS) is 11.9. The summed E-state index contributed by atoms with van der Waals surface area (Å²) in [4.78, 5) is 17.0. The molecule has 1 unspecified atom stereocenters. The maximum Gasteiger partial charge on any atom is 0.319 e. The van der Waals surface area contributed by atoms with Gasteiger partial charge < -0.3 is 15.2 Å². The fourth-order valence-electron chi connectivity index (χ4n) is 3.95. The third-order valence-electron chi connectivity index (χ3n) is 5.50. The lowest BCUT2D eigenvalue weighted by Crippen LogP contribution is -2.33. The lowest BCUT2D eigenvalue weighted by atomic mass is 9.92. The van der Waals surface area contributed by atoms with Gasteiger partial charge in [-0.3, -0.25) is 4.98 Å². The summed E-state index contributed by atoms with van der Waals surface area (Å²) in [5, 5.41) is 7.25. The minimum absolute atomic E-state index is 0.00281. The molecular formula is C25H26N4O. The zero-order valence-corrected chi connectivity index (χ0v) is 17.3. The third kappa shape index (κ3) is 4.06. The number of nitrogens with one attached hydrogen (secondary N) is 2. The molecule has 2 aromatic carbocycles. The molecule has 0 bridgehead atoms. The lowest BCUT2D eigenvalue weighted by molar-refractivity contribution is 0.252. The number of benzene rings is 2. The number of aryl methyl sites for hydroxylation is 2. The lowest BCUT2D eigenvalue weighted by Gasteiger charge is -2.18. The van der Waals surface area contributed by atoms with Crippen LogP contribution in [0.25, 0.3) is 10.9 Å². The topological polar surface area (TPSA) is 59.0 Å². The molecule has 2 amide bonds. The van der Waals surface area contributed by atoms with Crippen molar-refractivity contribution in [1.82, 2.24) is 14.9 Å². The smallest absolute Gasteiger partial charge is 0.319 e. The molecule has 152 valence electrons. The Bertz CT molecular complexity index is 1150. The van der Waals surface area contributed by atoms with Crippen molar-refractivity contribution in [2.24, 2.45) is 7.05 Å². The molecule has 0 aliphatic carbocycles. The second-order valence-corrected chi connectivity index (χ2v) is 7.40. The number of pyridine rings is 1. The second kappa shape index (κ2) is 8.82. The Balaban J connectivity index is 1.59. The minimum atomic E-state index is -0.204. The number of urea groups is 1. The zero-order chi connectivity index (χ0) is 20.9. The van der Waals surface area contributed by atoms with Crippen molar-refractivity contribution in [3.63, 3.8) is 0 Å². The molecule has 1 atom stereocenters. The molecule has 2 heterocycles. The maximum absolute atomic E-state index is 12.7. The van der Waals surface area contributed by atoms with Crippen LogP contribution in [0.2, 0.25) is 0 Å². The maximum atomic E-state index is 12.7. The van der Waals surface area contributed by atoms with E-state index in [9.17, 15) is 4.79 Å². The average molecular weight is 399 g/mol. The van der Waals surface area contributed by atoms with Gasteiger partial charge in [-0.15, -0.1) is 0 Å². The first-order valence-corrected chi connectivity index (χ1v) is 10.2. The van der Waals surface area contributed by atoms with Crippen LogP contribution in [-0.2, 0) is 13.5 Å². The Morgan fingerprint density at radius 3 is 2.67 bits per heavy atom. The molecule has 0 aliphatic heterocycles. The highest BCUT2D eigenvalue weighted by Crippen LogP contribution is 2.31. The molecule has 0 aliphatic rings. The van der Waals surface area contributed by atoms with Crippen LogP contribution in [0.4, 0.5) is 10.5 Å². The van der Waals surface area contributed by atoms with E-state index in [0.29, 0.717) is 6.54 Å². The minimum Gasteiger partial charge on any atom is -0.350 e. The van der Waals surface area contributed by atoms with Crippen molar-refractivity contribution < 1.29 is 4.79 Å². The number of nitrogens with zero attached hydrogens (tertiary/aromatic N) is 2. The van der Waals surface area contributed by atoms with Crippen LogP contribution in [0, 0.1) is 0 Å². The molecule has 4 rings (SSSR count). The molecule has 0 saturated heterocycles. The Hall–Kier alpha value is -3.60. The van der Waals surface area contributed by atoms with Gasteiger partial charge in [0.15, 0.2) is 0 Å². The number of carbonyl (C=O) groups is 1. The molecule has 0 radical (unpaired) electrons. The zero-order valence-electron chi connectivity index (χ0n) is 17.3.